The molecule has 0 aliphatic carbocycles. The normalized spacial score (nSPS) is 10.2. The number of hydrogen-bond acceptors (Lipinski definition) is 2. The molecule has 0 spiro atoms. The molecule has 0 radical (unpaired) electrons. The van der Waals surface area contributed by atoms with E-state index in [-0.39, 0.29) is 0 Å². The molecule has 1 aromatic carbocycles. The van der Waals surface area contributed by atoms with Crippen LogP contribution in [-0.4, -0.2) is 23.1 Å². The van der Waals surface area contributed by atoms with Crippen LogP contribution in [0.15, 0.2) is 49.6 Å². The second kappa shape index (κ2) is 4.66. The highest BCUT2D eigenvalue weighted by molar-refractivity contribution is 5.77. The molecule has 0 bridgehead atoms. The first-order valence-electron chi connectivity index (χ1n) is 5.26. The summed E-state index contributed by atoms with van der Waals surface area (Å²) in [5.41, 5.74) is 2.03. The van der Waals surface area contributed by atoms with Crippen LogP contribution in [0.5, 0.6) is 0 Å². The Morgan fingerprint density at radius 2 is 1.88 bits per heavy atom. The number of fused-ring (bicyclic) bond motifs is 1. The van der Waals surface area contributed by atoms with Crippen molar-refractivity contribution in [1.82, 2.24) is 9.97 Å². The fraction of sp³-hybridized carbons (Fsp3) is 0.154. The van der Waals surface area contributed by atoms with Crippen LogP contribution in [0.1, 0.15) is 0 Å². The molecule has 0 fully saturated rings. The first-order valence-corrected chi connectivity index (χ1v) is 5.26. The zero-order valence-electron chi connectivity index (χ0n) is 9.19. The zero-order chi connectivity index (χ0) is 11.4. The molecule has 0 saturated heterocycles. The molecule has 3 nitrogen and oxygen atoms in total. The molecule has 1 heterocycles. The number of rotatable bonds is 5. The number of para-hydroxylation sites is 2. The van der Waals surface area contributed by atoms with Crippen molar-refractivity contribution in [3.05, 3.63) is 49.6 Å². The molecular formula is C13H15N3. The van der Waals surface area contributed by atoms with Gasteiger partial charge in [-0.05, 0) is 12.1 Å². The number of anilines is 1. The molecule has 0 amide bonds. The monoisotopic (exact) mass is 213 g/mol. The number of aromatic nitrogens is 2. The van der Waals surface area contributed by atoms with Crippen molar-refractivity contribution >= 4 is 17.0 Å². The lowest BCUT2D eigenvalue weighted by Crippen LogP contribution is -2.24. The summed E-state index contributed by atoms with van der Waals surface area (Å²) in [5, 5.41) is 0. The second-order valence-corrected chi connectivity index (χ2v) is 3.56. The number of aromatic amines is 1. The Morgan fingerprint density at radius 3 is 2.50 bits per heavy atom. The molecule has 1 N–H and O–H groups in total. The lowest BCUT2D eigenvalue weighted by molar-refractivity contribution is 0.911. The minimum atomic E-state index is 0.756. The molecule has 0 unspecified atom stereocenters. The third-order valence-electron chi connectivity index (χ3n) is 2.38. The number of nitrogens with one attached hydrogen (secondary N) is 1. The van der Waals surface area contributed by atoms with Crippen LogP contribution in [0.2, 0.25) is 0 Å². The molecule has 2 rings (SSSR count). The quantitative estimate of drug-likeness (QED) is 0.774. The molecule has 1 aromatic heterocycles. The summed E-state index contributed by atoms with van der Waals surface area (Å²) in [7, 11) is 0. The average Bonchev–Trinajstić information content (AvgIpc) is 2.72. The van der Waals surface area contributed by atoms with Gasteiger partial charge in [0.05, 0.1) is 11.0 Å². The summed E-state index contributed by atoms with van der Waals surface area (Å²) in [6.07, 6.45) is 3.72. The van der Waals surface area contributed by atoms with Crippen LogP contribution in [0, 0.1) is 0 Å². The van der Waals surface area contributed by atoms with Crippen molar-refractivity contribution in [2.24, 2.45) is 0 Å². The van der Waals surface area contributed by atoms with Gasteiger partial charge in [-0.2, -0.15) is 0 Å². The summed E-state index contributed by atoms with van der Waals surface area (Å²) in [4.78, 5) is 9.89. The Hall–Kier alpha value is -2.03. The first kappa shape index (κ1) is 10.5. The third-order valence-corrected chi connectivity index (χ3v) is 2.38. The third kappa shape index (κ3) is 1.98. The lowest BCUT2D eigenvalue weighted by Gasteiger charge is -2.17. The van der Waals surface area contributed by atoms with Crippen LogP contribution in [0.3, 0.4) is 0 Å². The number of benzene rings is 1. The molecule has 82 valence electrons. The number of nitrogens with zero attached hydrogens (tertiary/aromatic N) is 2. The van der Waals surface area contributed by atoms with Gasteiger partial charge in [0.2, 0.25) is 5.95 Å². The second-order valence-electron chi connectivity index (χ2n) is 3.56. The lowest BCUT2D eigenvalue weighted by atomic mass is 10.3. The highest BCUT2D eigenvalue weighted by Gasteiger charge is 2.07. The molecule has 0 aliphatic heterocycles. The van der Waals surface area contributed by atoms with Gasteiger partial charge in [-0.25, -0.2) is 4.98 Å². The maximum Gasteiger partial charge on any atom is 0.204 e. The van der Waals surface area contributed by atoms with Crippen LogP contribution in [-0.2, 0) is 0 Å². The van der Waals surface area contributed by atoms with E-state index >= 15 is 0 Å². The average molecular weight is 213 g/mol. The van der Waals surface area contributed by atoms with E-state index in [1.165, 1.54) is 0 Å². The van der Waals surface area contributed by atoms with E-state index in [9.17, 15) is 0 Å². The van der Waals surface area contributed by atoms with E-state index in [0.29, 0.717) is 0 Å². The summed E-state index contributed by atoms with van der Waals surface area (Å²) in [6, 6.07) is 8.00. The Bertz CT molecular complexity index is 456. The fourth-order valence-electron chi connectivity index (χ4n) is 1.65. The highest BCUT2D eigenvalue weighted by atomic mass is 15.3. The Kier molecular flexibility index (Phi) is 3.05. The van der Waals surface area contributed by atoms with Crippen molar-refractivity contribution < 1.29 is 0 Å². The highest BCUT2D eigenvalue weighted by Crippen LogP contribution is 2.16. The Morgan fingerprint density at radius 1 is 1.19 bits per heavy atom. The first-order chi connectivity index (χ1) is 7.85. The SMILES string of the molecule is C=CCN(CC=C)c1nc2ccccc2[nH]1. The smallest absolute Gasteiger partial charge is 0.204 e. The maximum atomic E-state index is 4.53. The molecule has 16 heavy (non-hydrogen) atoms. The van der Waals surface area contributed by atoms with Gasteiger partial charge in [0, 0.05) is 13.1 Å². The molecule has 0 saturated carbocycles. The molecule has 0 aliphatic rings. The van der Waals surface area contributed by atoms with E-state index in [4.69, 9.17) is 0 Å². The van der Waals surface area contributed by atoms with Crippen molar-refractivity contribution in [2.75, 3.05) is 18.0 Å². The number of imidazole rings is 1. The van der Waals surface area contributed by atoms with E-state index in [0.717, 1.165) is 30.1 Å². The van der Waals surface area contributed by atoms with Gasteiger partial charge in [0.15, 0.2) is 0 Å². The van der Waals surface area contributed by atoms with Gasteiger partial charge in [-0.15, -0.1) is 13.2 Å². The van der Waals surface area contributed by atoms with Gasteiger partial charge in [0.25, 0.3) is 0 Å². The molecule has 3 heteroatoms. The molecule has 0 atom stereocenters. The zero-order valence-corrected chi connectivity index (χ0v) is 9.19. The van der Waals surface area contributed by atoms with E-state index < -0.39 is 0 Å². The van der Waals surface area contributed by atoms with Gasteiger partial charge in [-0.1, -0.05) is 24.3 Å². The van der Waals surface area contributed by atoms with Crippen molar-refractivity contribution in [1.29, 1.82) is 0 Å². The minimum Gasteiger partial charge on any atom is -0.335 e. The van der Waals surface area contributed by atoms with Crippen LogP contribution >= 0.6 is 0 Å². The van der Waals surface area contributed by atoms with Crippen LogP contribution < -0.4 is 4.90 Å². The minimum absolute atomic E-state index is 0.756. The van der Waals surface area contributed by atoms with E-state index in [2.05, 4.69) is 28.0 Å². The summed E-state index contributed by atoms with van der Waals surface area (Å²) >= 11 is 0. The predicted molar refractivity (Wildman–Crippen MR) is 68.7 cm³/mol. The van der Waals surface area contributed by atoms with Crippen LogP contribution in [0.25, 0.3) is 11.0 Å². The number of H-pyrrole nitrogens is 1. The topological polar surface area (TPSA) is 31.9 Å². The van der Waals surface area contributed by atoms with E-state index in [1.807, 2.05) is 36.4 Å². The Balaban J connectivity index is 2.36. The standard InChI is InChI=1S/C13H15N3/c1-3-9-16(10-4-2)13-14-11-7-5-6-8-12(11)15-13/h3-8H,1-2,9-10H2,(H,14,15). The van der Waals surface area contributed by atoms with Gasteiger partial charge in [-0.3, -0.25) is 0 Å². The van der Waals surface area contributed by atoms with Crippen molar-refractivity contribution in [3.8, 4) is 0 Å². The van der Waals surface area contributed by atoms with Crippen molar-refractivity contribution in [3.63, 3.8) is 0 Å². The largest absolute Gasteiger partial charge is 0.335 e. The van der Waals surface area contributed by atoms with Crippen LogP contribution in [0.4, 0.5) is 5.95 Å². The van der Waals surface area contributed by atoms with Crippen molar-refractivity contribution in [2.45, 2.75) is 0 Å². The summed E-state index contributed by atoms with van der Waals surface area (Å²) < 4.78 is 0. The Labute approximate surface area is 95.1 Å². The fourth-order valence-corrected chi connectivity index (χ4v) is 1.65. The van der Waals surface area contributed by atoms with Gasteiger partial charge < -0.3 is 9.88 Å². The van der Waals surface area contributed by atoms with Gasteiger partial charge >= 0.3 is 0 Å². The van der Waals surface area contributed by atoms with E-state index in [1.54, 1.807) is 0 Å². The predicted octanol–water partition coefficient (Wildman–Crippen LogP) is 2.74. The molecular weight excluding hydrogens is 198 g/mol. The maximum absolute atomic E-state index is 4.53. The van der Waals surface area contributed by atoms with Gasteiger partial charge in [0.1, 0.15) is 0 Å². The summed E-state index contributed by atoms with van der Waals surface area (Å²) in [6.45, 7) is 9.00. The number of hydrogen-bond donors (Lipinski definition) is 1. The molecule has 2 aromatic rings. The summed E-state index contributed by atoms with van der Waals surface area (Å²) in [5.74, 6) is 0.862.